The van der Waals surface area contributed by atoms with Crippen LogP contribution in [-0.4, -0.2) is 40.5 Å². The number of anilines is 2. The summed E-state index contributed by atoms with van der Waals surface area (Å²) in [5.74, 6) is 0.643. The molecule has 5 rings (SSSR count). The molecular weight excluding hydrogens is 374 g/mol. The van der Waals surface area contributed by atoms with Gasteiger partial charge < -0.3 is 9.80 Å². The second-order valence-corrected chi connectivity index (χ2v) is 8.06. The highest BCUT2D eigenvalue weighted by Crippen LogP contribution is 2.32. The van der Waals surface area contributed by atoms with Crippen LogP contribution < -0.4 is 9.80 Å². The summed E-state index contributed by atoms with van der Waals surface area (Å²) in [6.45, 7) is 4.71. The van der Waals surface area contributed by atoms with E-state index in [1.807, 2.05) is 17.0 Å². The third-order valence-electron chi connectivity index (χ3n) is 5.93. The molecule has 0 bridgehead atoms. The zero-order chi connectivity index (χ0) is 20.5. The lowest BCUT2D eigenvalue weighted by Gasteiger charge is -2.30. The molecule has 0 atom stereocenters. The molecule has 2 aromatic heterocycles. The Labute approximate surface area is 176 Å². The van der Waals surface area contributed by atoms with Crippen LogP contribution in [-0.2, 0) is 6.42 Å². The molecule has 0 unspecified atom stereocenters. The summed E-state index contributed by atoms with van der Waals surface area (Å²) in [5.41, 5.74) is 5.47. The van der Waals surface area contributed by atoms with Gasteiger partial charge in [0.05, 0.1) is 11.3 Å². The molecule has 30 heavy (non-hydrogen) atoms. The lowest BCUT2D eigenvalue weighted by atomic mass is 9.98. The van der Waals surface area contributed by atoms with Gasteiger partial charge in [-0.1, -0.05) is 17.7 Å². The van der Waals surface area contributed by atoms with E-state index in [-0.39, 0.29) is 5.91 Å². The predicted octanol–water partition coefficient (Wildman–Crippen LogP) is 4.04. The molecule has 1 saturated heterocycles. The number of rotatable bonds is 3. The molecule has 6 nitrogen and oxygen atoms in total. The highest BCUT2D eigenvalue weighted by atomic mass is 16.2. The summed E-state index contributed by atoms with van der Waals surface area (Å²) in [7, 11) is 0. The van der Waals surface area contributed by atoms with Gasteiger partial charge >= 0.3 is 0 Å². The molecule has 0 spiro atoms. The van der Waals surface area contributed by atoms with Gasteiger partial charge in [-0.05, 0) is 56.4 Å². The topological polar surface area (TPSA) is 62.2 Å². The number of nitrogens with zero attached hydrogens (tertiary/aromatic N) is 5. The zero-order valence-electron chi connectivity index (χ0n) is 17.2. The third-order valence-corrected chi connectivity index (χ3v) is 5.93. The average Bonchev–Trinajstić information content (AvgIpc) is 3.33. The van der Waals surface area contributed by atoms with Gasteiger partial charge in [-0.25, -0.2) is 9.97 Å². The lowest BCUT2D eigenvalue weighted by Crippen LogP contribution is -2.36. The van der Waals surface area contributed by atoms with E-state index in [2.05, 4.69) is 40.0 Å². The van der Waals surface area contributed by atoms with Crippen LogP contribution in [0.15, 0.2) is 48.9 Å². The van der Waals surface area contributed by atoms with Crippen molar-refractivity contribution in [3.63, 3.8) is 0 Å². The maximum Gasteiger partial charge on any atom is 0.262 e. The Kier molecular flexibility index (Phi) is 4.91. The Morgan fingerprint density at radius 3 is 2.70 bits per heavy atom. The van der Waals surface area contributed by atoms with E-state index in [1.54, 1.807) is 18.6 Å². The molecule has 6 heteroatoms. The van der Waals surface area contributed by atoms with E-state index < -0.39 is 0 Å². The molecule has 0 saturated carbocycles. The molecule has 3 aromatic rings. The summed E-state index contributed by atoms with van der Waals surface area (Å²) in [5, 5.41) is 0. The van der Waals surface area contributed by atoms with Crippen molar-refractivity contribution >= 4 is 17.5 Å². The number of hydrogen-bond acceptors (Lipinski definition) is 5. The summed E-state index contributed by atoms with van der Waals surface area (Å²) in [6, 6.07) is 10.1. The first-order valence-corrected chi connectivity index (χ1v) is 10.6. The maximum atomic E-state index is 13.7. The smallest absolute Gasteiger partial charge is 0.262 e. The first kappa shape index (κ1) is 18.7. The van der Waals surface area contributed by atoms with Crippen molar-refractivity contribution in [2.75, 3.05) is 29.4 Å². The molecule has 0 N–H and O–H groups in total. The van der Waals surface area contributed by atoms with Crippen LogP contribution in [0, 0.1) is 6.92 Å². The monoisotopic (exact) mass is 399 g/mol. The van der Waals surface area contributed by atoms with Gasteiger partial charge in [0.15, 0.2) is 0 Å². The molecule has 1 fully saturated rings. The largest absolute Gasteiger partial charge is 0.341 e. The number of carbonyl (C=O) groups excluding carboxylic acids is 1. The molecule has 2 aliphatic heterocycles. The third kappa shape index (κ3) is 3.43. The van der Waals surface area contributed by atoms with Gasteiger partial charge in [0.25, 0.3) is 5.91 Å². The second-order valence-electron chi connectivity index (χ2n) is 8.06. The van der Waals surface area contributed by atoms with Crippen LogP contribution >= 0.6 is 0 Å². The van der Waals surface area contributed by atoms with Crippen LogP contribution in [0.2, 0.25) is 0 Å². The van der Waals surface area contributed by atoms with Gasteiger partial charge in [0.2, 0.25) is 5.95 Å². The minimum absolute atomic E-state index is 0.0494. The van der Waals surface area contributed by atoms with Crippen molar-refractivity contribution in [3.8, 4) is 11.3 Å². The van der Waals surface area contributed by atoms with Crippen molar-refractivity contribution in [2.24, 2.45) is 0 Å². The molecule has 1 aromatic carbocycles. The quantitative estimate of drug-likeness (QED) is 0.665. The maximum absolute atomic E-state index is 13.7. The van der Waals surface area contributed by atoms with Gasteiger partial charge in [-0.15, -0.1) is 0 Å². The number of hydrogen-bond donors (Lipinski definition) is 0. The lowest BCUT2D eigenvalue weighted by molar-refractivity contribution is 0.0985. The molecule has 4 heterocycles. The van der Waals surface area contributed by atoms with E-state index in [0.29, 0.717) is 23.8 Å². The Bertz CT molecular complexity index is 1080. The Hall–Kier alpha value is -3.28. The normalized spacial score (nSPS) is 15.9. The zero-order valence-corrected chi connectivity index (χ0v) is 17.2. The number of aryl methyl sites for hydroxylation is 2. The number of amides is 1. The summed E-state index contributed by atoms with van der Waals surface area (Å²) in [6.07, 6.45) is 9.45. The fourth-order valence-electron chi connectivity index (χ4n) is 4.40. The summed E-state index contributed by atoms with van der Waals surface area (Å²) >= 11 is 0. The fourth-order valence-corrected chi connectivity index (χ4v) is 4.40. The van der Waals surface area contributed by atoms with Gasteiger partial charge in [-0.3, -0.25) is 9.78 Å². The fraction of sp³-hybridized carbons (Fsp3) is 0.333. The molecule has 2 aliphatic rings. The number of fused-ring (bicyclic) bond motifs is 1. The standard InChI is InChI=1S/C24H25N5O/c1-17-8-9-21-18(14-17)7-5-13-29(21)23(30)20-16-26-24(28-11-2-3-12-28)27-22(20)19-6-4-10-25-15-19/h4,6,8-10,14-16H,2-3,5,7,11-13H2,1H3. The van der Waals surface area contributed by atoms with E-state index >= 15 is 0 Å². The van der Waals surface area contributed by atoms with E-state index in [0.717, 1.165) is 50.0 Å². The SMILES string of the molecule is Cc1ccc2c(c1)CCCN2C(=O)c1cnc(N2CCCC2)nc1-c1cccnc1. The Balaban J connectivity index is 1.58. The molecule has 1 amide bonds. The Morgan fingerprint density at radius 1 is 1.03 bits per heavy atom. The van der Waals surface area contributed by atoms with Crippen molar-refractivity contribution in [1.29, 1.82) is 0 Å². The van der Waals surface area contributed by atoms with E-state index in [9.17, 15) is 4.79 Å². The first-order chi connectivity index (χ1) is 14.7. The number of carbonyl (C=O) groups is 1. The number of benzene rings is 1. The molecule has 152 valence electrons. The summed E-state index contributed by atoms with van der Waals surface area (Å²) < 4.78 is 0. The van der Waals surface area contributed by atoms with Crippen LogP contribution in [0.3, 0.4) is 0 Å². The van der Waals surface area contributed by atoms with Crippen molar-refractivity contribution in [2.45, 2.75) is 32.6 Å². The first-order valence-electron chi connectivity index (χ1n) is 10.6. The van der Waals surface area contributed by atoms with Crippen molar-refractivity contribution < 1.29 is 4.79 Å². The van der Waals surface area contributed by atoms with Gasteiger partial charge in [0.1, 0.15) is 0 Å². The number of pyridine rings is 1. The number of aromatic nitrogens is 3. The highest BCUT2D eigenvalue weighted by molar-refractivity contribution is 6.10. The molecular formula is C24H25N5O. The van der Waals surface area contributed by atoms with Crippen LogP contribution in [0.1, 0.15) is 40.7 Å². The molecule has 0 aliphatic carbocycles. The minimum atomic E-state index is -0.0494. The average molecular weight is 399 g/mol. The van der Waals surface area contributed by atoms with Crippen molar-refractivity contribution in [3.05, 3.63) is 65.6 Å². The predicted molar refractivity (Wildman–Crippen MR) is 118 cm³/mol. The van der Waals surface area contributed by atoms with Gasteiger partial charge in [0, 0.05) is 49.5 Å². The van der Waals surface area contributed by atoms with Crippen molar-refractivity contribution in [1.82, 2.24) is 15.0 Å². The highest BCUT2D eigenvalue weighted by Gasteiger charge is 2.28. The van der Waals surface area contributed by atoms with E-state index in [1.165, 1.54) is 11.1 Å². The van der Waals surface area contributed by atoms with E-state index in [4.69, 9.17) is 4.98 Å². The van der Waals surface area contributed by atoms with Crippen LogP contribution in [0.5, 0.6) is 0 Å². The van der Waals surface area contributed by atoms with Gasteiger partial charge in [-0.2, -0.15) is 0 Å². The second kappa shape index (κ2) is 7.86. The summed E-state index contributed by atoms with van der Waals surface area (Å²) in [4.78, 5) is 31.4. The Morgan fingerprint density at radius 2 is 1.90 bits per heavy atom. The van der Waals surface area contributed by atoms with Crippen LogP contribution in [0.4, 0.5) is 11.6 Å². The molecule has 0 radical (unpaired) electrons. The minimum Gasteiger partial charge on any atom is -0.341 e. The van der Waals surface area contributed by atoms with Crippen LogP contribution in [0.25, 0.3) is 11.3 Å².